The molecule has 2 saturated heterocycles. The van der Waals surface area contributed by atoms with Crippen molar-refractivity contribution in [1.82, 2.24) is 19.9 Å². The van der Waals surface area contributed by atoms with Crippen LogP contribution in [-0.4, -0.2) is 75.5 Å². The summed E-state index contributed by atoms with van der Waals surface area (Å²) in [5.41, 5.74) is 1.09. The summed E-state index contributed by atoms with van der Waals surface area (Å²) < 4.78 is 38.1. The average molecular weight is 453 g/mol. The quantitative estimate of drug-likeness (QED) is 0.756. The highest BCUT2D eigenvalue weighted by Crippen LogP contribution is 2.37. The van der Waals surface area contributed by atoms with Crippen LogP contribution >= 0.6 is 0 Å². The van der Waals surface area contributed by atoms with Gasteiger partial charge in [-0.15, -0.1) is 0 Å². The number of aromatic nitrogens is 3. The molecule has 2 aromatic rings. The average Bonchev–Trinajstić information content (AvgIpc) is 3.17. The number of carboxylic acids is 1. The molecule has 2 aliphatic heterocycles. The summed E-state index contributed by atoms with van der Waals surface area (Å²) in [4.78, 5) is 26.7. The van der Waals surface area contributed by atoms with Crippen molar-refractivity contribution in [2.24, 2.45) is 0 Å². The fourth-order valence-corrected chi connectivity index (χ4v) is 4.04. The second-order valence-corrected chi connectivity index (χ2v) is 7.95. The number of alkyl halides is 3. The molecular weight excluding hydrogens is 427 g/mol. The Morgan fingerprint density at radius 1 is 1.25 bits per heavy atom. The third-order valence-corrected chi connectivity index (χ3v) is 5.58. The van der Waals surface area contributed by atoms with Crippen LogP contribution in [0.25, 0.3) is 0 Å². The van der Waals surface area contributed by atoms with Gasteiger partial charge in [-0.3, -0.25) is 9.88 Å². The monoisotopic (exact) mass is 453 g/mol. The van der Waals surface area contributed by atoms with Gasteiger partial charge >= 0.3 is 12.1 Å². The van der Waals surface area contributed by atoms with E-state index in [0.717, 1.165) is 50.7 Å². The van der Waals surface area contributed by atoms with E-state index in [2.05, 4.69) is 43.9 Å². The molecule has 4 heterocycles. The SMILES string of the molecule is CN(c1ncccn1)C1COC2(CCCN(Cc3ccccn3)C2)C1.O=C(O)C(F)(F)F. The molecule has 1 spiro atoms. The predicted molar refractivity (Wildman–Crippen MR) is 110 cm³/mol. The normalized spacial score (nSPS) is 23.4. The van der Waals surface area contributed by atoms with E-state index in [1.165, 1.54) is 6.42 Å². The van der Waals surface area contributed by atoms with Gasteiger partial charge < -0.3 is 14.7 Å². The Kier molecular flexibility index (Phi) is 7.62. The molecule has 4 rings (SSSR count). The molecule has 0 saturated carbocycles. The first-order chi connectivity index (χ1) is 15.2. The van der Waals surface area contributed by atoms with Crippen molar-refractivity contribution in [2.75, 3.05) is 31.6 Å². The zero-order valence-electron chi connectivity index (χ0n) is 17.7. The molecule has 32 heavy (non-hydrogen) atoms. The van der Waals surface area contributed by atoms with E-state index >= 15 is 0 Å². The lowest BCUT2D eigenvalue weighted by Crippen LogP contribution is -2.48. The summed E-state index contributed by atoms with van der Waals surface area (Å²) in [7, 11) is 2.07. The van der Waals surface area contributed by atoms with E-state index in [9.17, 15) is 13.2 Å². The molecule has 1 N–H and O–H groups in total. The Hall–Kier alpha value is -2.79. The number of carboxylic acid groups (broad SMARTS) is 1. The molecule has 8 nitrogen and oxygen atoms in total. The van der Waals surface area contributed by atoms with Crippen molar-refractivity contribution in [3.8, 4) is 0 Å². The van der Waals surface area contributed by atoms with Gasteiger partial charge in [0.15, 0.2) is 0 Å². The smallest absolute Gasteiger partial charge is 0.475 e. The first-order valence-corrected chi connectivity index (χ1v) is 10.2. The molecule has 0 amide bonds. The highest BCUT2D eigenvalue weighted by atomic mass is 19.4. The number of aliphatic carboxylic acids is 1. The van der Waals surface area contributed by atoms with Gasteiger partial charge in [-0.25, -0.2) is 14.8 Å². The molecule has 0 aliphatic carbocycles. The molecule has 0 aromatic carbocycles. The predicted octanol–water partition coefficient (Wildman–Crippen LogP) is 2.76. The minimum absolute atomic E-state index is 0.0409. The van der Waals surface area contributed by atoms with Crippen LogP contribution in [0.5, 0.6) is 0 Å². The maximum atomic E-state index is 10.6. The molecule has 2 aliphatic rings. The number of likely N-dealkylation sites (tertiary alicyclic amines) is 1. The molecule has 2 unspecified atom stereocenters. The first-order valence-electron chi connectivity index (χ1n) is 10.2. The van der Waals surface area contributed by atoms with Crippen molar-refractivity contribution in [1.29, 1.82) is 0 Å². The zero-order chi connectivity index (χ0) is 23.2. The lowest BCUT2D eigenvalue weighted by Gasteiger charge is -2.39. The first kappa shape index (κ1) is 23.9. The fraction of sp³-hybridized carbons (Fsp3) is 0.524. The van der Waals surface area contributed by atoms with Gasteiger partial charge in [-0.1, -0.05) is 6.07 Å². The number of nitrogens with zero attached hydrogens (tertiary/aromatic N) is 5. The van der Waals surface area contributed by atoms with E-state index in [0.29, 0.717) is 6.04 Å². The number of anilines is 1. The summed E-state index contributed by atoms with van der Waals surface area (Å²) in [6, 6.07) is 8.30. The minimum atomic E-state index is -5.08. The van der Waals surface area contributed by atoms with E-state index in [4.69, 9.17) is 14.6 Å². The van der Waals surface area contributed by atoms with Crippen molar-refractivity contribution in [3.63, 3.8) is 0 Å². The van der Waals surface area contributed by atoms with Crippen LogP contribution in [0.1, 0.15) is 25.0 Å². The van der Waals surface area contributed by atoms with Crippen molar-refractivity contribution >= 4 is 11.9 Å². The van der Waals surface area contributed by atoms with Crippen molar-refractivity contribution in [2.45, 2.75) is 43.6 Å². The van der Waals surface area contributed by atoms with E-state index < -0.39 is 12.1 Å². The number of hydrogen-bond acceptors (Lipinski definition) is 7. The number of likely N-dealkylation sites (N-methyl/N-ethyl adjacent to an activating group) is 1. The molecule has 174 valence electrons. The van der Waals surface area contributed by atoms with Crippen LogP contribution in [-0.2, 0) is 16.1 Å². The van der Waals surface area contributed by atoms with Gasteiger partial charge in [0.05, 0.1) is 23.9 Å². The number of ether oxygens (including phenoxy) is 1. The second-order valence-electron chi connectivity index (χ2n) is 7.95. The Morgan fingerprint density at radius 2 is 1.94 bits per heavy atom. The molecule has 0 bridgehead atoms. The van der Waals surface area contributed by atoms with Crippen LogP contribution in [0, 0.1) is 0 Å². The lowest BCUT2D eigenvalue weighted by molar-refractivity contribution is -0.192. The standard InChI is InChI=1S/C19H25N5O.C2HF3O2/c1-23(18-21-9-5-10-22-18)17-12-19(25-14-17)7-4-11-24(15-19)13-16-6-2-3-8-20-16;3-2(4,5)1(6)7/h2-3,5-6,8-10,17H,4,7,11-15H2,1H3;(H,6,7). The van der Waals surface area contributed by atoms with Crippen LogP contribution in [0.2, 0.25) is 0 Å². The molecule has 11 heteroatoms. The number of halogens is 3. The van der Waals surface area contributed by atoms with E-state index in [1.54, 1.807) is 12.4 Å². The fourth-order valence-electron chi connectivity index (χ4n) is 4.04. The highest BCUT2D eigenvalue weighted by Gasteiger charge is 2.45. The minimum Gasteiger partial charge on any atom is -0.475 e. The third kappa shape index (κ3) is 6.36. The number of piperidine rings is 1. The summed E-state index contributed by atoms with van der Waals surface area (Å²) in [5.74, 6) is -1.98. The van der Waals surface area contributed by atoms with Crippen LogP contribution in [0.3, 0.4) is 0 Å². The Bertz CT molecular complexity index is 872. The number of pyridine rings is 1. The molecular formula is C21H26F3N5O3. The number of rotatable bonds is 4. The van der Waals surface area contributed by atoms with Gasteiger partial charge in [0.2, 0.25) is 5.95 Å². The van der Waals surface area contributed by atoms with Gasteiger partial charge in [0.1, 0.15) is 0 Å². The highest BCUT2D eigenvalue weighted by molar-refractivity contribution is 5.73. The topological polar surface area (TPSA) is 91.7 Å². The maximum Gasteiger partial charge on any atom is 0.490 e. The molecule has 2 fully saturated rings. The Balaban J connectivity index is 0.000000360. The van der Waals surface area contributed by atoms with Crippen LogP contribution in [0.4, 0.5) is 19.1 Å². The van der Waals surface area contributed by atoms with E-state index in [1.807, 2.05) is 18.3 Å². The van der Waals surface area contributed by atoms with Gasteiger partial charge in [-0.2, -0.15) is 13.2 Å². The van der Waals surface area contributed by atoms with Crippen molar-refractivity contribution in [3.05, 3.63) is 48.5 Å². The largest absolute Gasteiger partial charge is 0.490 e. The summed E-state index contributed by atoms with van der Waals surface area (Å²) >= 11 is 0. The van der Waals surface area contributed by atoms with Gasteiger partial charge in [0.25, 0.3) is 0 Å². The zero-order valence-corrected chi connectivity index (χ0v) is 17.7. The van der Waals surface area contributed by atoms with Gasteiger partial charge in [0, 0.05) is 45.1 Å². The van der Waals surface area contributed by atoms with E-state index in [-0.39, 0.29) is 5.60 Å². The lowest BCUT2D eigenvalue weighted by atomic mass is 9.88. The van der Waals surface area contributed by atoms with Crippen molar-refractivity contribution < 1.29 is 27.8 Å². The van der Waals surface area contributed by atoms with Crippen LogP contribution < -0.4 is 4.90 Å². The summed E-state index contributed by atoms with van der Waals surface area (Å²) in [6.45, 7) is 3.73. The van der Waals surface area contributed by atoms with Gasteiger partial charge in [-0.05, 0) is 37.6 Å². The van der Waals surface area contributed by atoms with Crippen LogP contribution in [0.15, 0.2) is 42.9 Å². The number of carbonyl (C=O) groups is 1. The molecule has 2 aromatic heterocycles. The molecule has 0 radical (unpaired) electrons. The number of hydrogen-bond donors (Lipinski definition) is 1. The second kappa shape index (κ2) is 10.2. The summed E-state index contributed by atoms with van der Waals surface area (Å²) in [6.07, 6.45) is 3.70. The Morgan fingerprint density at radius 3 is 2.56 bits per heavy atom. The maximum absolute atomic E-state index is 10.6. The molecule has 2 atom stereocenters. The summed E-state index contributed by atoms with van der Waals surface area (Å²) in [5, 5.41) is 7.12. The third-order valence-electron chi connectivity index (χ3n) is 5.58. The Labute approximate surface area is 184 Å².